The van der Waals surface area contributed by atoms with E-state index in [9.17, 15) is 0 Å². The molecule has 258 valence electrons. The minimum absolute atomic E-state index is 0.512. The van der Waals surface area contributed by atoms with Gasteiger partial charge < -0.3 is 9.32 Å². The Labute approximate surface area is 320 Å². The van der Waals surface area contributed by atoms with E-state index in [4.69, 9.17) is 4.42 Å². The van der Waals surface area contributed by atoms with Crippen molar-refractivity contribution in [3.05, 3.63) is 235 Å². The Morgan fingerprint density at radius 1 is 0.382 bits per heavy atom. The number of hydrogen-bond acceptors (Lipinski definition) is 2. The number of fused-ring (bicyclic) bond motifs is 8. The van der Waals surface area contributed by atoms with Gasteiger partial charge in [0, 0.05) is 27.7 Å². The van der Waals surface area contributed by atoms with Crippen LogP contribution in [0.4, 0.5) is 17.1 Å². The second-order valence-electron chi connectivity index (χ2n) is 14.4. The van der Waals surface area contributed by atoms with Gasteiger partial charge in [-0.2, -0.15) is 0 Å². The van der Waals surface area contributed by atoms with Crippen LogP contribution in [0.25, 0.3) is 55.0 Å². The fourth-order valence-corrected chi connectivity index (χ4v) is 9.24. The molecule has 0 bridgehead atoms. The third-order valence-corrected chi connectivity index (χ3v) is 11.5. The normalized spacial score (nSPS) is 12.9. The smallest absolute Gasteiger partial charge is 0.159 e. The second kappa shape index (κ2) is 12.5. The van der Waals surface area contributed by atoms with Crippen LogP contribution in [0.3, 0.4) is 0 Å². The summed E-state index contributed by atoms with van der Waals surface area (Å²) in [6.45, 7) is 0. The van der Waals surface area contributed by atoms with Crippen LogP contribution in [0.5, 0.6) is 0 Å². The first kappa shape index (κ1) is 31.4. The number of nitrogens with zero attached hydrogens (tertiary/aromatic N) is 1. The molecule has 0 spiro atoms. The van der Waals surface area contributed by atoms with Crippen molar-refractivity contribution < 1.29 is 4.42 Å². The molecule has 1 aromatic heterocycles. The molecule has 0 amide bonds. The lowest BCUT2D eigenvalue weighted by Gasteiger charge is -2.35. The number of furan rings is 1. The summed E-state index contributed by atoms with van der Waals surface area (Å²) < 4.78 is 7.17. The van der Waals surface area contributed by atoms with Gasteiger partial charge in [-0.15, -0.1) is 0 Å². The Balaban J connectivity index is 1.20. The van der Waals surface area contributed by atoms with E-state index < -0.39 is 5.41 Å². The maximum atomic E-state index is 7.17. The standard InChI is InChI=1S/C53H35NO/c1-4-18-36(19-5-1)46-34-37-20-10-11-27-42(37)50-45-30-17-33-49(51(45)55-52(46)50)54(40-24-8-3-9-25-40)41-26-16-23-39(35-41)53(38-21-6-2-7-22-38)47-31-14-12-28-43(47)44-29-13-15-32-48(44)53/h1-35H. The summed E-state index contributed by atoms with van der Waals surface area (Å²) in [6.07, 6.45) is 0. The first-order chi connectivity index (χ1) is 27.3. The van der Waals surface area contributed by atoms with Crippen molar-refractivity contribution in [3.8, 4) is 22.3 Å². The lowest BCUT2D eigenvalue weighted by atomic mass is 9.67. The Morgan fingerprint density at radius 2 is 0.945 bits per heavy atom. The van der Waals surface area contributed by atoms with Crippen molar-refractivity contribution in [1.29, 1.82) is 0 Å². The second-order valence-corrected chi connectivity index (χ2v) is 14.4. The lowest BCUT2D eigenvalue weighted by molar-refractivity contribution is 0.670. The Morgan fingerprint density at radius 3 is 1.69 bits per heavy atom. The molecule has 0 N–H and O–H groups in total. The minimum Gasteiger partial charge on any atom is -0.453 e. The van der Waals surface area contributed by atoms with E-state index in [1.807, 2.05) is 0 Å². The van der Waals surface area contributed by atoms with E-state index in [0.717, 1.165) is 50.1 Å². The first-order valence-electron chi connectivity index (χ1n) is 18.9. The lowest BCUT2D eigenvalue weighted by Crippen LogP contribution is -2.28. The maximum absolute atomic E-state index is 7.17. The number of hydrogen-bond donors (Lipinski definition) is 0. The highest BCUT2D eigenvalue weighted by Gasteiger charge is 2.46. The van der Waals surface area contributed by atoms with Crippen LogP contribution in [-0.4, -0.2) is 0 Å². The average molecular weight is 702 g/mol. The summed E-state index contributed by atoms with van der Waals surface area (Å²) in [5.41, 5.74) is 14.2. The van der Waals surface area contributed by atoms with Crippen molar-refractivity contribution in [2.75, 3.05) is 4.90 Å². The van der Waals surface area contributed by atoms with E-state index in [0.29, 0.717) is 0 Å². The van der Waals surface area contributed by atoms with Gasteiger partial charge in [0.15, 0.2) is 5.58 Å². The minimum atomic E-state index is -0.512. The molecule has 2 nitrogen and oxygen atoms in total. The van der Waals surface area contributed by atoms with E-state index in [-0.39, 0.29) is 0 Å². The van der Waals surface area contributed by atoms with Crippen molar-refractivity contribution in [2.24, 2.45) is 0 Å². The van der Waals surface area contributed by atoms with Crippen LogP contribution in [-0.2, 0) is 5.41 Å². The molecule has 1 heterocycles. The van der Waals surface area contributed by atoms with E-state index in [2.05, 4.69) is 217 Å². The van der Waals surface area contributed by atoms with Crippen LogP contribution in [0, 0.1) is 0 Å². The Hall–Kier alpha value is -7.16. The van der Waals surface area contributed by atoms with Crippen LogP contribution in [0.1, 0.15) is 22.3 Å². The molecular formula is C53H35NO. The topological polar surface area (TPSA) is 16.4 Å². The summed E-state index contributed by atoms with van der Waals surface area (Å²) in [5, 5.41) is 4.61. The molecular weight excluding hydrogens is 667 g/mol. The molecule has 0 radical (unpaired) electrons. The van der Waals surface area contributed by atoms with Gasteiger partial charge in [-0.3, -0.25) is 0 Å². The van der Waals surface area contributed by atoms with Gasteiger partial charge in [-0.25, -0.2) is 0 Å². The zero-order valence-corrected chi connectivity index (χ0v) is 30.1. The zero-order chi connectivity index (χ0) is 36.3. The number of benzene rings is 9. The summed E-state index contributed by atoms with van der Waals surface area (Å²) >= 11 is 0. The van der Waals surface area contributed by atoms with Gasteiger partial charge in [-0.05, 0) is 86.1 Å². The molecule has 10 aromatic rings. The van der Waals surface area contributed by atoms with Gasteiger partial charge >= 0.3 is 0 Å². The van der Waals surface area contributed by atoms with Crippen LogP contribution in [0.2, 0.25) is 0 Å². The fraction of sp³-hybridized carbons (Fsp3) is 0.0189. The van der Waals surface area contributed by atoms with E-state index >= 15 is 0 Å². The SMILES string of the molecule is c1ccc(-c2cc3ccccc3c3c2oc2c(N(c4ccccc4)c4cccc(C5(c6ccccc6)c6ccccc6-c6ccccc65)c4)cccc23)cc1. The molecule has 0 saturated heterocycles. The van der Waals surface area contributed by atoms with Gasteiger partial charge in [-0.1, -0.05) is 176 Å². The largest absolute Gasteiger partial charge is 0.453 e. The highest BCUT2D eigenvalue weighted by atomic mass is 16.3. The van der Waals surface area contributed by atoms with Crippen LogP contribution < -0.4 is 4.90 Å². The Bertz CT molecular complexity index is 2990. The predicted molar refractivity (Wildman–Crippen MR) is 229 cm³/mol. The van der Waals surface area contributed by atoms with Crippen molar-refractivity contribution in [3.63, 3.8) is 0 Å². The molecule has 0 unspecified atom stereocenters. The van der Waals surface area contributed by atoms with Crippen molar-refractivity contribution >= 4 is 49.8 Å². The molecule has 2 heteroatoms. The van der Waals surface area contributed by atoms with Gasteiger partial charge in [0.25, 0.3) is 0 Å². The molecule has 0 aliphatic heterocycles. The monoisotopic (exact) mass is 701 g/mol. The molecule has 11 rings (SSSR count). The van der Waals surface area contributed by atoms with Gasteiger partial charge in [0.2, 0.25) is 0 Å². The van der Waals surface area contributed by atoms with Gasteiger partial charge in [0.05, 0.1) is 11.1 Å². The van der Waals surface area contributed by atoms with Crippen molar-refractivity contribution in [2.45, 2.75) is 5.41 Å². The molecule has 0 fully saturated rings. The first-order valence-corrected chi connectivity index (χ1v) is 18.9. The molecule has 9 aromatic carbocycles. The maximum Gasteiger partial charge on any atom is 0.159 e. The third kappa shape index (κ3) is 4.68. The summed E-state index contributed by atoms with van der Waals surface area (Å²) in [7, 11) is 0. The summed E-state index contributed by atoms with van der Waals surface area (Å²) in [5.74, 6) is 0. The number of anilines is 3. The molecule has 1 aliphatic carbocycles. The molecule has 0 saturated carbocycles. The van der Waals surface area contributed by atoms with Crippen LogP contribution >= 0.6 is 0 Å². The molecule has 1 aliphatic rings. The number of rotatable bonds is 6. The predicted octanol–water partition coefficient (Wildman–Crippen LogP) is 14.2. The summed E-state index contributed by atoms with van der Waals surface area (Å²) in [4.78, 5) is 2.37. The average Bonchev–Trinajstić information content (AvgIpc) is 3.80. The quantitative estimate of drug-likeness (QED) is 0.172. The molecule has 55 heavy (non-hydrogen) atoms. The van der Waals surface area contributed by atoms with Gasteiger partial charge in [0.1, 0.15) is 5.58 Å². The van der Waals surface area contributed by atoms with E-state index in [1.54, 1.807) is 0 Å². The fourth-order valence-electron chi connectivity index (χ4n) is 9.24. The summed E-state index contributed by atoms with van der Waals surface area (Å²) in [6, 6.07) is 76.8. The van der Waals surface area contributed by atoms with Crippen molar-refractivity contribution in [1.82, 2.24) is 0 Å². The Kier molecular flexibility index (Phi) is 7.11. The zero-order valence-electron chi connectivity index (χ0n) is 30.1. The third-order valence-electron chi connectivity index (χ3n) is 11.5. The molecule has 0 atom stereocenters. The number of para-hydroxylation sites is 2. The highest BCUT2D eigenvalue weighted by Crippen LogP contribution is 2.57. The van der Waals surface area contributed by atoms with Crippen LogP contribution in [0.15, 0.2) is 217 Å². The van der Waals surface area contributed by atoms with E-state index in [1.165, 1.54) is 44.2 Å². The highest BCUT2D eigenvalue weighted by molar-refractivity contribution is 6.24.